The third-order valence-corrected chi connectivity index (χ3v) is 2.44. The lowest BCUT2D eigenvalue weighted by Gasteiger charge is -1.90. The van der Waals surface area contributed by atoms with Gasteiger partial charge in [-0.05, 0) is 0 Å². The number of aromatic amines is 1. The highest BCUT2D eigenvalue weighted by atomic mass is 32.1. The van der Waals surface area contributed by atoms with Crippen molar-refractivity contribution in [2.75, 3.05) is 0 Å². The number of hydrogen-bond donors (Lipinski definition) is 1. The van der Waals surface area contributed by atoms with Crippen LogP contribution in [0.4, 0.5) is 5.69 Å². The molecular weight excluding hydrogens is 192 g/mol. The fourth-order valence-corrected chi connectivity index (χ4v) is 1.84. The molecule has 0 bridgehead atoms. The number of nitrogens with one attached hydrogen (secondary N) is 1. The van der Waals surface area contributed by atoms with E-state index in [0.717, 1.165) is 6.20 Å². The van der Waals surface area contributed by atoms with Crippen molar-refractivity contribution in [3.63, 3.8) is 0 Å². The first-order valence-corrected chi connectivity index (χ1v) is 4.36. The van der Waals surface area contributed by atoms with Crippen molar-refractivity contribution in [1.82, 2.24) is 4.98 Å². The number of nitro groups is 1. The Morgan fingerprint density at radius 2 is 2.23 bits per heavy atom. The van der Waals surface area contributed by atoms with Crippen LogP contribution >= 0.6 is 11.3 Å². The van der Waals surface area contributed by atoms with Gasteiger partial charge in [0.15, 0.2) is 0 Å². The van der Waals surface area contributed by atoms with Gasteiger partial charge in [-0.15, -0.1) is 11.3 Å². The zero-order chi connectivity index (χ0) is 9.42. The minimum atomic E-state index is -0.685. The van der Waals surface area contributed by atoms with Gasteiger partial charge in [0, 0.05) is 10.8 Å². The van der Waals surface area contributed by atoms with E-state index in [-0.39, 0.29) is 0 Å². The SMILES string of the molecule is O=c1c([N+](=O)[O-])c[nH]c2cscc12. The lowest BCUT2D eigenvalue weighted by molar-refractivity contribution is -0.386. The number of nitrogens with zero attached hydrogens (tertiary/aromatic N) is 1. The maximum atomic E-state index is 11.4. The Hall–Kier alpha value is -1.69. The smallest absolute Gasteiger partial charge is 0.332 e. The summed E-state index contributed by atoms with van der Waals surface area (Å²) >= 11 is 1.33. The minimum absolute atomic E-state index is 0.374. The summed E-state index contributed by atoms with van der Waals surface area (Å²) in [7, 11) is 0. The van der Waals surface area contributed by atoms with Crippen molar-refractivity contribution >= 4 is 27.9 Å². The summed E-state index contributed by atoms with van der Waals surface area (Å²) in [6, 6.07) is 0. The molecular formula is C7H4N2O3S. The normalized spacial score (nSPS) is 10.5. The van der Waals surface area contributed by atoms with E-state index in [1.54, 1.807) is 10.8 Å². The van der Waals surface area contributed by atoms with Gasteiger partial charge in [0.25, 0.3) is 5.43 Å². The average molecular weight is 196 g/mol. The molecule has 0 fully saturated rings. The number of aromatic nitrogens is 1. The molecule has 13 heavy (non-hydrogen) atoms. The van der Waals surface area contributed by atoms with E-state index in [2.05, 4.69) is 4.98 Å². The van der Waals surface area contributed by atoms with Gasteiger partial charge >= 0.3 is 5.69 Å². The Morgan fingerprint density at radius 1 is 1.46 bits per heavy atom. The standard InChI is InChI=1S/C7H4N2O3S/c10-7-4-2-13-3-5(4)8-1-6(7)9(11)12/h1-3,8H. The summed E-state index contributed by atoms with van der Waals surface area (Å²) in [5.41, 5.74) is -0.300. The van der Waals surface area contributed by atoms with Crippen LogP contribution in [0, 0.1) is 10.1 Å². The topological polar surface area (TPSA) is 76.0 Å². The molecule has 2 heterocycles. The minimum Gasteiger partial charge on any atom is -0.355 e. The van der Waals surface area contributed by atoms with Crippen LogP contribution in [0.1, 0.15) is 0 Å². The van der Waals surface area contributed by atoms with Gasteiger partial charge in [0.2, 0.25) is 0 Å². The number of thiophene rings is 1. The molecule has 2 aromatic heterocycles. The van der Waals surface area contributed by atoms with Crippen LogP contribution in [-0.2, 0) is 0 Å². The molecule has 0 saturated heterocycles. The number of hydrogen-bond acceptors (Lipinski definition) is 4. The molecule has 5 nitrogen and oxygen atoms in total. The first-order valence-electron chi connectivity index (χ1n) is 3.42. The number of H-pyrrole nitrogens is 1. The quantitative estimate of drug-likeness (QED) is 0.554. The zero-order valence-electron chi connectivity index (χ0n) is 6.31. The van der Waals surface area contributed by atoms with Gasteiger partial charge in [0.05, 0.1) is 22.0 Å². The van der Waals surface area contributed by atoms with E-state index in [0.29, 0.717) is 10.9 Å². The third-order valence-electron chi connectivity index (χ3n) is 1.70. The monoisotopic (exact) mass is 196 g/mol. The molecule has 0 saturated carbocycles. The van der Waals surface area contributed by atoms with E-state index in [9.17, 15) is 14.9 Å². The van der Waals surface area contributed by atoms with Crippen LogP contribution in [0.3, 0.4) is 0 Å². The van der Waals surface area contributed by atoms with Crippen molar-refractivity contribution in [3.8, 4) is 0 Å². The van der Waals surface area contributed by atoms with Gasteiger partial charge in [-0.3, -0.25) is 14.9 Å². The second-order valence-corrected chi connectivity index (χ2v) is 3.20. The van der Waals surface area contributed by atoms with Crippen LogP contribution in [0.2, 0.25) is 0 Å². The Balaban J connectivity index is 2.89. The Morgan fingerprint density at radius 3 is 2.92 bits per heavy atom. The highest BCUT2D eigenvalue weighted by Gasteiger charge is 2.14. The average Bonchev–Trinajstić information content (AvgIpc) is 2.52. The van der Waals surface area contributed by atoms with Crippen molar-refractivity contribution < 1.29 is 4.92 Å². The van der Waals surface area contributed by atoms with E-state index in [1.807, 2.05) is 0 Å². The summed E-state index contributed by atoms with van der Waals surface area (Å²) in [4.78, 5) is 23.8. The molecule has 0 radical (unpaired) electrons. The van der Waals surface area contributed by atoms with Gasteiger partial charge in [0.1, 0.15) is 0 Å². The summed E-state index contributed by atoms with van der Waals surface area (Å²) in [6.45, 7) is 0. The van der Waals surface area contributed by atoms with Crippen LogP contribution in [0.25, 0.3) is 10.9 Å². The second-order valence-electron chi connectivity index (χ2n) is 2.46. The zero-order valence-corrected chi connectivity index (χ0v) is 7.13. The summed E-state index contributed by atoms with van der Waals surface area (Å²) in [5, 5.41) is 14.1. The highest BCUT2D eigenvalue weighted by molar-refractivity contribution is 7.09. The van der Waals surface area contributed by atoms with Gasteiger partial charge < -0.3 is 4.98 Å². The maximum Gasteiger partial charge on any atom is 0.332 e. The van der Waals surface area contributed by atoms with Gasteiger partial charge in [-0.2, -0.15) is 0 Å². The molecule has 0 aliphatic carbocycles. The third kappa shape index (κ3) is 1.11. The molecule has 0 aliphatic heterocycles. The number of fused-ring (bicyclic) bond motifs is 1. The van der Waals surface area contributed by atoms with Crippen LogP contribution in [0.15, 0.2) is 21.8 Å². The molecule has 0 unspecified atom stereocenters. The molecule has 0 aromatic carbocycles. The molecule has 0 spiro atoms. The van der Waals surface area contributed by atoms with Crippen LogP contribution < -0.4 is 5.43 Å². The highest BCUT2D eigenvalue weighted by Crippen LogP contribution is 2.15. The van der Waals surface area contributed by atoms with Crippen molar-refractivity contribution in [1.29, 1.82) is 0 Å². The molecule has 1 N–H and O–H groups in total. The first-order chi connectivity index (χ1) is 6.20. The second kappa shape index (κ2) is 2.67. The number of rotatable bonds is 1. The molecule has 66 valence electrons. The van der Waals surface area contributed by atoms with Crippen molar-refractivity contribution in [2.24, 2.45) is 0 Å². The largest absolute Gasteiger partial charge is 0.355 e. The molecule has 2 aromatic rings. The van der Waals surface area contributed by atoms with Crippen molar-refractivity contribution in [3.05, 3.63) is 37.3 Å². The fourth-order valence-electron chi connectivity index (χ4n) is 1.07. The molecule has 0 atom stereocenters. The first kappa shape index (κ1) is 7.93. The Labute approximate surface area is 75.8 Å². The summed E-state index contributed by atoms with van der Waals surface area (Å²) < 4.78 is 0. The fraction of sp³-hybridized carbons (Fsp3) is 0. The van der Waals surface area contributed by atoms with Gasteiger partial charge in [-0.25, -0.2) is 0 Å². The lowest BCUT2D eigenvalue weighted by Crippen LogP contribution is -2.07. The Kier molecular flexibility index (Phi) is 1.63. The van der Waals surface area contributed by atoms with E-state index < -0.39 is 16.0 Å². The summed E-state index contributed by atoms with van der Waals surface area (Å²) in [5.74, 6) is 0. The summed E-state index contributed by atoms with van der Waals surface area (Å²) in [6.07, 6.45) is 1.12. The van der Waals surface area contributed by atoms with Crippen molar-refractivity contribution in [2.45, 2.75) is 0 Å². The van der Waals surface area contributed by atoms with E-state index >= 15 is 0 Å². The predicted octanol–water partition coefficient (Wildman–Crippen LogP) is 1.50. The molecule has 6 heteroatoms. The molecule has 0 aliphatic rings. The van der Waals surface area contributed by atoms with E-state index in [1.165, 1.54) is 11.3 Å². The van der Waals surface area contributed by atoms with E-state index in [4.69, 9.17) is 0 Å². The molecule has 2 rings (SSSR count). The molecule has 0 amide bonds. The maximum absolute atomic E-state index is 11.4. The van der Waals surface area contributed by atoms with Crippen LogP contribution in [-0.4, -0.2) is 9.91 Å². The van der Waals surface area contributed by atoms with Gasteiger partial charge in [-0.1, -0.05) is 0 Å². The number of pyridine rings is 1. The predicted molar refractivity (Wildman–Crippen MR) is 49.1 cm³/mol. The van der Waals surface area contributed by atoms with Crippen LogP contribution in [0.5, 0.6) is 0 Å². The Bertz CT molecular complexity index is 528. The lowest BCUT2D eigenvalue weighted by atomic mass is 10.3.